The van der Waals surface area contributed by atoms with Gasteiger partial charge in [0, 0.05) is 44.3 Å². The third kappa shape index (κ3) is 6.18. The van der Waals surface area contributed by atoms with Gasteiger partial charge < -0.3 is 20.3 Å². The maximum atomic E-state index is 12.1. The van der Waals surface area contributed by atoms with Crippen molar-refractivity contribution in [2.75, 3.05) is 34.3 Å². The van der Waals surface area contributed by atoms with Gasteiger partial charge in [-0.3, -0.25) is 9.79 Å². The van der Waals surface area contributed by atoms with E-state index in [9.17, 15) is 4.79 Å². The average Bonchev–Trinajstić information content (AvgIpc) is 2.69. The number of nitrogens with zero attached hydrogens (tertiary/aromatic N) is 2. The number of aliphatic imine (C=N–C) groups is 1. The van der Waals surface area contributed by atoms with Gasteiger partial charge in [-0.15, -0.1) is 0 Å². The number of methoxy groups -OCH3 is 1. The Morgan fingerprint density at radius 1 is 1.11 bits per heavy atom. The van der Waals surface area contributed by atoms with E-state index in [-0.39, 0.29) is 5.91 Å². The molecular weight excluding hydrogens is 364 g/mol. The Morgan fingerprint density at radius 3 is 2.41 bits per heavy atom. The van der Waals surface area contributed by atoms with Crippen molar-refractivity contribution in [3.8, 4) is 5.75 Å². The zero-order chi connectivity index (χ0) is 19.6. The second-order valence-electron chi connectivity index (χ2n) is 5.91. The molecule has 2 N–H and O–H groups in total. The monoisotopic (exact) mass is 388 g/mol. The lowest BCUT2D eigenvalue weighted by molar-refractivity contribution is 0.0954. The number of hydrogen-bond donors (Lipinski definition) is 2. The minimum absolute atomic E-state index is 0.126. The van der Waals surface area contributed by atoms with Crippen molar-refractivity contribution < 1.29 is 9.53 Å². The van der Waals surface area contributed by atoms with Crippen molar-refractivity contribution in [2.45, 2.75) is 6.54 Å². The van der Waals surface area contributed by atoms with Crippen LogP contribution >= 0.6 is 11.6 Å². The summed E-state index contributed by atoms with van der Waals surface area (Å²) in [6, 6.07) is 14.7. The van der Waals surface area contributed by atoms with Gasteiger partial charge in [0.1, 0.15) is 5.75 Å². The summed E-state index contributed by atoms with van der Waals surface area (Å²) < 4.78 is 5.09. The minimum atomic E-state index is -0.126. The smallest absolute Gasteiger partial charge is 0.251 e. The third-order valence-electron chi connectivity index (χ3n) is 3.98. The van der Waals surface area contributed by atoms with Gasteiger partial charge >= 0.3 is 0 Å². The van der Waals surface area contributed by atoms with Gasteiger partial charge in [0.25, 0.3) is 5.91 Å². The summed E-state index contributed by atoms with van der Waals surface area (Å²) in [7, 11) is 5.26. The topological polar surface area (TPSA) is 66.0 Å². The number of carbonyl (C=O) groups excluding carboxylic acids is 1. The first-order valence-corrected chi connectivity index (χ1v) is 9.00. The summed E-state index contributed by atoms with van der Waals surface area (Å²) in [6.07, 6.45) is 0. The van der Waals surface area contributed by atoms with E-state index in [1.165, 1.54) is 0 Å². The van der Waals surface area contributed by atoms with Crippen molar-refractivity contribution in [1.29, 1.82) is 0 Å². The lowest BCUT2D eigenvalue weighted by Gasteiger charge is -2.22. The molecule has 2 aromatic rings. The average molecular weight is 389 g/mol. The molecule has 2 aromatic carbocycles. The van der Waals surface area contributed by atoms with E-state index in [2.05, 4.69) is 15.6 Å². The molecule has 27 heavy (non-hydrogen) atoms. The standard InChI is InChI=1S/C20H25ClN4O2/c1-22-20(25(2)14-16-6-4-5-7-18(16)21)24-13-12-23-19(26)15-8-10-17(27-3)11-9-15/h4-11H,12-14H2,1-3H3,(H,22,24)(H,23,26). The molecular formula is C20H25ClN4O2. The van der Waals surface area contributed by atoms with E-state index in [0.29, 0.717) is 25.2 Å². The van der Waals surface area contributed by atoms with Crippen molar-refractivity contribution in [1.82, 2.24) is 15.5 Å². The molecule has 0 saturated carbocycles. The molecule has 0 saturated heterocycles. The summed E-state index contributed by atoms with van der Waals surface area (Å²) in [6.45, 7) is 1.67. The van der Waals surface area contributed by atoms with Gasteiger partial charge in [-0.05, 0) is 35.9 Å². The molecule has 2 rings (SSSR count). The van der Waals surface area contributed by atoms with Crippen LogP contribution in [0.2, 0.25) is 5.02 Å². The highest BCUT2D eigenvalue weighted by Gasteiger charge is 2.09. The molecule has 0 spiro atoms. The highest BCUT2D eigenvalue weighted by molar-refractivity contribution is 6.31. The highest BCUT2D eigenvalue weighted by Crippen LogP contribution is 2.16. The molecule has 0 heterocycles. The Hall–Kier alpha value is -2.73. The van der Waals surface area contributed by atoms with E-state index >= 15 is 0 Å². The lowest BCUT2D eigenvalue weighted by atomic mass is 10.2. The largest absolute Gasteiger partial charge is 0.497 e. The van der Waals surface area contributed by atoms with Crippen LogP contribution in [0.5, 0.6) is 5.75 Å². The van der Waals surface area contributed by atoms with Crippen LogP contribution in [0.1, 0.15) is 15.9 Å². The normalized spacial score (nSPS) is 11.0. The second kappa shape index (κ2) is 10.4. The van der Waals surface area contributed by atoms with Gasteiger partial charge in [-0.25, -0.2) is 0 Å². The predicted molar refractivity (Wildman–Crippen MR) is 110 cm³/mol. The van der Waals surface area contributed by atoms with E-state index < -0.39 is 0 Å². The number of amides is 1. The predicted octanol–water partition coefficient (Wildman–Crippen LogP) is 2.79. The van der Waals surface area contributed by atoms with Crippen LogP contribution in [0.3, 0.4) is 0 Å². The fraction of sp³-hybridized carbons (Fsp3) is 0.300. The number of carbonyl (C=O) groups is 1. The van der Waals surface area contributed by atoms with E-state index in [0.717, 1.165) is 22.3 Å². The first-order valence-electron chi connectivity index (χ1n) is 8.62. The molecule has 0 bridgehead atoms. The van der Waals surface area contributed by atoms with Crippen LogP contribution in [-0.4, -0.2) is 51.1 Å². The SMILES string of the molecule is CN=C(NCCNC(=O)c1ccc(OC)cc1)N(C)Cc1ccccc1Cl. The lowest BCUT2D eigenvalue weighted by Crippen LogP contribution is -2.42. The van der Waals surface area contributed by atoms with Crippen LogP contribution in [-0.2, 0) is 6.54 Å². The minimum Gasteiger partial charge on any atom is -0.497 e. The first-order chi connectivity index (χ1) is 13.0. The van der Waals surface area contributed by atoms with Crippen molar-refractivity contribution in [3.63, 3.8) is 0 Å². The summed E-state index contributed by atoms with van der Waals surface area (Å²) in [5.41, 5.74) is 1.62. The number of hydrogen-bond acceptors (Lipinski definition) is 3. The Kier molecular flexibility index (Phi) is 7.95. The zero-order valence-corrected chi connectivity index (χ0v) is 16.6. The van der Waals surface area contributed by atoms with E-state index in [1.54, 1.807) is 38.4 Å². The van der Waals surface area contributed by atoms with Crippen LogP contribution in [0.15, 0.2) is 53.5 Å². The third-order valence-corrected chi connectivity index (χ3v) is 4.35. The van der Waals surface area contributed by atoms with Gasteiger partial charge in [0.15, 0.2) is 5.96 Å². The number of nitrogens with one attached hydrogen (secondary N) is 2. The molecule has 1 amide bonds. The van der Waals surface area contributed by atoms with Crippen LogP contribution in [0.4, 0.5) is 0 Å². The molecule has 6 nitrogen and oxygen atoms in total. The van der Waals surface area contributed by atoms with Crippen molar-refractivity contribution >= 4 is 23.5 Å². The molecule has 7 heteroatoms. The zero-order valence-electron chi connectivity index (χ0n) is 15.8. The van der Waals surface area contributed by atoms with Crippen molar-refractivity contribution in [3.05, 3.63) is 64.7 Å². The van der Waals surface area contributed by atoms with Gasteiger partial charge in [0.05, 0.1) is 7.11 Å². The molecule has 0 fully saturated rings. The summed E-state index contributed by atoms with van der Waals surface area (Å²) in [4.78, 5) is 18.4. The number of ether oxygens (including phenoxy) is 1. The number of halogens is 1. The van der Waals surface area contributed by atoms with Crippen LogP contribution in [0, 0.1) is 0 Å². The van der Waals surface area contributed by atoms with Crippen LogP contribution < -0.4 is 15.4 Å². The maximum Gasteiger partial charge on any atom is 0.251 e. The Morgan fingerprint density at radius 2 is 1.78 bits per heavy atom. The molecule has 0 aliphatic carbocycles. The van der Waals surface area contributed by atoms with Gasteiger partial charge in [-0.2, -0.15) is 0 Å². The molecule has 0 aliphatic heterocycles. The first kappa shape index (κ1) is 20.6. The van der Waals surface area contributed by atoms with E-state index in [4.69, 9.17) is 16.3 Å². The molecule has 0 unspecified atom stereocenters. The summed E-state index contributed by atoms with van der Waals surface area (Å²) in [5.74, 6) is 1.33. The maximum absolute atomic E-state index is 12.1. The molecule has 0 atom stereocenters. The summed E-state index contributed by atoms with van der Waals surface area (Å²) >= 11 is 6.21. The van der Waals surface area contributed by atoms with Crippen molar-refractivity contribution in [2.24, 2.45) is 4.99 Å². The number of guanidine groups is 1. The summed E-state index contributed by atoms with van der Waals surface area (Å²) in [5, 5.41) is 6.84. The molecule has 0 radical (unpaired) electrons. The van der Waals surface area contributed by atoms with E-state index in [1.807, 2.05) is 36.2 Å². The fourth-order valence-corrected chi connectivity index (χ4v) is 2.73. The number of benzene rings is 2. The number of rotatable bonds is 7. The Labute approximate surface area is 165 Å². The molecule has 144 valence electrons. The Balaban J connectivity index is 1.78. The fourth-order valence-electron chi connectivity index (χ4n) is 2.54. The second-order valence-corrected chi connectivity index (χ2v) is 6.31. The Bertz CT molecular complexity index is 778. The van der Waals surface area contributed by atoms with Crippen LogP contribution in [0.25, 0.3) is 0 Å². The molecule has 0 aliphatic rings. The molecule has 0 aromatic heterocycles. The quantitative estimate of drug-likeness (QED) is 0.435. The van der Waals surface area contributed by atoms with Gasteiger partial charge in [0.2, 0.25) is 0 Å². The van der Waals surface area contributed by atoms with Gasteiger partial charge in [-0.1, -0.05) is 29.8 Å². The highest BCUT2D eigenvalue weighted by atomic mass is 35.5.